The largest absolute Gasteiger partial charge is 0.481 e. The second-order valence-electron chi connectivity index (χ2n) is 5.00. The Morgan fingerprint density at radius 1 is 1.39 bits per heavy atom. The first-order chi connectivity index (χ1) is 8.45. The molecule has 6 heteroatoms. The van der Waals surface area contributed by atoms with E-state index in [0.29, 0.717) is 0 Å². The fraction of sp³-hybridized carbons (Fsp3) is 0.833. The van der Waals surface area contributed by atoms with E-state index < -0.39 is 5.97 Å². The van der Waals surface area contributed by atoms with Gasteiger partial charge in [-0.1, -0.05) is 0 Å². The fourth-order valence-electron chi connectivity index (χ4n) is 1.97. The first-order valence-corrected chi connectivity index (χ1v) is 6.35. The van der Waals surface area contributed by atoms with Crippen molar-refractivity contribution in [3.8, 4) is 0 Å². The Balaban J connectivity index is 2.55. The molecule has 1 rings (SSSR count). The van der Waals surface area contributed by atoms with Crippen molar-refractivity contribution < 1.29 is 19.8 Å². The highest BCUT2D eigenvalue weighted by atomic mass is 16.4. The second kappa shape index (κ2) is 6.58. The van der Waals surface area contributed by atoms with Crippen LogP contribution in [0.5, 0.6) is 0 Å². The summed E-state index contributed by atoms with van der Waals surface area (Å²) in [5, 5.41) is 20.5. The third-order valence-electron chi connectivity index (χ3n) is 3.12. The smallest absolute Gasteiger partial charge is 0.317 e. The number of urea groups is 1. The van der Waals surface area contributed by atoms with Crippen LogP contribution in [0.1, 0.15) is 33.1 Å². The zero-order chi connectivity index (χ0) is 13.7. The molecule has 0 spiro atoms. The van der Waals surface area contributed by atoms with Crippen molar-refractivity contribution in [1.29, 1.82) is 0 Å². The Hall–Kier alpha value is -1.30. The lowest BCUT2D eigenvalue weighted by Crippen LogP contribution is -2.49. The Bertz CT molecular complexity index is 302. The summed E-state index contributed by atoms with van der Waals surface area (Å²) in [5.41, 5.74) is 0. The maximum atomic E-state index is 12.0. The minimum Gasteiger partial charge on any atom is -0.481 e. The van der Waals surface area contributed by atoms with E-state index in [9.17, 15) is 9.59 Å². The number of amides is 2. The highest BCUT2D eigenvalue weighted by molar-refractivity contribution is 5.76. The van der Waals surface area contributed by atoms with Crippen LogP contribution in [-0.4, -0.2) is 52.3 Å². The van der Waals surface area contributed by atoms with Crippen LogP contribution in [0.2, 0.25) is 0 Å². The van der Waals surface area contributed by atoms with Gasteiger partial charge in [-0.25, -0.2) is 4.79 Å². The van der Waals surface area contributed by atoms with Crippen molar-refractivity contribution >= 4 is 12.0 Å². The Morgan fingerprint density at radius 3 is 2.39 bits per heavy atom. The normalized spacial score (nSPS) is 16.4. The Labute approximate surface area is 107 Å². The molecule has 0 heterocycles. The molecule has 1 fully saturated rings. The zero-order valence-corrected chi connectivity index (χ0v) is 10.9. The summed E-state index contributed by atoms with van der Waals surface area (Å²) in [6.45, 7) is 3.88. The monoisotopic (exact) mass is 258 g/mol. The number of aliphatic hydroxyl groups is 1. The van der Waals surface area contributed by atoms with Crippen molar-refractivity contribution in [2.75, 3.05) is 13.2 Å². The lowest BCUT2D eigenvalue weighted by atomic mass is 10.1. The SMILES string of the molecule is CC(C)N(CCO)C(=O)NC(CC(=O)O)C1CC1. The van der Waals surface area contributed by atoms with Gasteiger partial charge >= 0.3 is 12.0 Å². The molecule has 1 aliphatic carbocycles. The topological polar surface area (TPSA) is 89.9 Å². The molecule has 104 valence electrons. The summed E-state index contributed by atoms with van der Waals surface area (Å²) in [5.74, 6) is -0.612. The third-order valence-corrected chi connectivity index (χ3v) is 3.12. The lowest BCUT2D eigenvalue weighted by Gasteiger charge is -2.28. The highest BCUT2D eigenvalue weighted by Crippen LogP contribution is 2.34. The molecule has 0 aliphatic heterocycles. The van der Waals surface area contributed by atoms with Gasteiger partial charge in [-0.2, -0.15) is 0 Å². The van der Waals surface area contributed by atoms with Crippen molar-refractivity contribution in [3.05, 3.63) is 0 Å². The maximum absolute atomic E-state index is 12.0. The predicted octanol–water partition coefficient (Wildman–Crippen LogP) is 0.652. The molecule has 2 amide bonds. The predicted molar refractivity (Wildman–Crippen MR) is 66.2 cm³/mol. The van der Waals surface area contributed by atoms with Crippen LogP contribution in [0, 0.1) is 5.92 Å². The van der Waals surface area contributed by atoms with Gasteiger partial charge < -0.3 is 20.4 Å². The number of aliphatic hydroxyl groups excluding tert-OH is 1. The average molecular weight is 258 g/mol. The summed E-state index contributed by atoms with van der Waals surface area (Å²) in [6.07, 6.45) is 1.90. The zero-order valence-electron chi connectivity index (χ0n) is 10.9. The molecule has 0 aromatic carbocycles. The van der Waals surface area contributed by atoms with Gasteiger partial charge in [-0.15, -0.1) is 0 Å². The van der Waals surface area contributed by atoms with Gasteiger partial charge in [-0.3, -0.25) is 4.79 Å². The van der Waals surface area contributed by atoms with Gasteiger partial charge in [0.15, 0.2) is 0 Å². The molecule has 1 saturated carbocycles. The molecular weight excluding hydrogens is 236 g/mol. The molecule has 0 aromatic heterocycles. The van der Waals surface area contributed by atoms with E-state index in [1.54, 1.807) is 0 Å². The minimum atomic E-state index is -0.898. The number of hydrogen-bond donors (Lipinski definition) is 3. The van der Waals surface area contributed by atoms with E-state index in [-0.39, 0.29) is 43.6 Å². The van der Waals surface area contributed by atoms with Gasteiger partial charge in [-0.05, 0) is 32.6 Å². The van der Waals surface area contributed by atoms with Crippen LogP contribution in [0.4, 0.5) is 4.79 Å². The van der Waals surface area contributed by atoms with Crippen LogP contribution < -0.4 is 5.32 Å². The Morgan fingerprint density at radius 2 is 2.00 bits per heavy atom. The van der Waals surface area contributed by atoms with Crippen LogP contribution in [0.15, 0.2) is 0 Å². The first kappa shape index (κ1) is 14.8. The van der Waals surface area contributed by atoms with E-state index >= 15 is 0 Å². The van der Waals surface area contributed by atoms with Crippen molar-refractivity contribution in [3.63, 3.8) is 0 Å². The van der Waals surface area contributed by atoms with Gasteiger partial charge in [0.25, 0.3) is 0 Å². The van der Waals surface area contributed by atoms with Crippen LogP contribution >= 0.6 is 0 Å². The minimum absolute atomic E-state index is 0.0261. The number of carbonyl (C=O) groups is 2. The summed E-state index contributed by atoms with van der Waals surface area (Å²) in [7, 11) is 0. The van der Waals surface area contributed by atoms with E-state index in [2.05, 4.69) is 5.32 Å². The maximum Gasteiger partial charge on any atom is 0.317 e. The van der Waals surface area contributed by atoms with Crippen molar-refractivity contribution in [2.45, 2.75) is 45.2 Å². The average Bonchev–Trinajstić information content (AvgIpc) is 3.07. The molecule has 0 saturated heterocycles. The number of nitrogens with one attached hydrogen (secondary N) is 1. The van der Waals surface area contributed by atoms with E-state index in [1.165, 1.54) is 4.90 Å². The second-order valence-corrected chi connectivity index (χ2v) is 5.00. The fourth-order valence-corrected chi connectivity index (χ4v) is 1.97. The van der Waals surface area contributed by atoms with E-state index in [4.69, 9.17) is 10.2 Å². The summed E-state index contributed by atoms with van der Waals surface area (Å²) < 4.78 is 0. The third kappa shape index (κ3) is 4.52. The number of carbonyl (C=O) groups excluding carboxylic acids is 1. The Kier molecular flexibility index (Phi) is 5.40. The van der Waals surface area contributed by atoms with Gasteiger partial charge in [0.05, 0.1) is 13.0 Å². The number of carboxylic acid groups (broad SMARTS) is 1. The van der Waals surface area contributed by atoms with Crippen molar-refractivity contribution in [2.24, 2.45) is 5.92 Å². The van der Waals surface area contributed by atoms with E-state index in [1.807, 2.05) is 13.8 Å². The highest BCUT2D eigenvalue weighted by Gasteiger charge is 2.34. The van der Waals surface area contributed by atoms with Crippen LogP contribution in [0.25, 0.3) is 0 Å². The number of aliphatic carboxylic acids is 1. The number of nitrogens with zero attached hydrogens (tertiary/aromatic N) is 1. The number of hydrogen-bond acceptors (Lipinski definition) is 3. The summed E-state index contributed by atoms with van der Waals surface area (Å²) in [6, 6.07) is -0.617. The number of carboxylic acids is 1. The molecular formula is C12H22N2O4. The first-order valence-electron chi connectivity index (χ1n) is 6.35. The lowest BCUT2D eigenvalue weighted by molar-refractivity contribution is -0.137. The molecule has 18 heavy (non-hydrogen) atoms. The quantitative estimate of drug-likeness (QED) is 0.625. The molecule has 1 aliphatic rings. The standard InChI is InChI=1S/C12H22N2O4/c1-8(2)14(5-6-15)12(18)13-10(7-11(16)17)9-3-4-9/h8-10,15H,3-7H2,1-2H3,(H,13,18)(H,16,17). The van der Waals surface area contributed by atoms with E-state index in [0.717, 1.165) is 12.8 Å². The van der Waals surface area contributed by atoms with Crippen LogP contribution in [0.3, 0.4) is 0 Å². The number of rotatable bonds is 7. The molecule has 1 unspecified atom stereocenters. The summed E-state index contributed by atoms with van der Waals surface area (Å²) in [4.78, 5) is 24.3. The van der Waals surface area contributed by atoms with Gasteiger partial charge in [0.1, 0.15) is 0 Å². The summed E-state index contributed by atoms with van der Waals surface area (Å²) >= 11 is 0. The van der Waals surface area contributed by atoms with Gasteiger partial charge in [0, 0.05) is 18.6 Å². The molecule has 6 nitrogen and oxygen atoms in total. The van der Waals surface area contributed by atoms with Crippen LogP contribution in [-0.2, 0) is 4.79 Å². The van der Waals surface area contributed by atoms with Gasteiger partial charge in [0.2, 0.25) is 0 Å². The molecule has 0 aromatic rings. The van der Waals surface area contributed by atoms with Crippen molar-refractivity contribution in [1.82, 2.24) is 10.2 Å². The molecule has 3 N–H and O–H groups in total. The molecule has 0 radical (unpaired) electrons. The molecule has 0 bridgehead atoms. The molecule has 1 atom stereocenters.